The predicted octanol–water partition coefficient (Wildman–Crippen LogP) is 1.82. The minimum atomic E-state index is -0.0905. The van der Waals surface area contributed by atoms with Crippen LogP contribution in [0.25, 0.3) is 0 Å². The Kier molecular flexibility index (Phi) is 4.92. The van der Waals surface area contributed by atoms with Crippen LogP contribution in [0.2, 0.25) is 0 Å². The molecule has 20 heavy (non-hydrogen) atoms. The number of allylic oxidation sites excluding steroid dienone is 4. The van der Waals surface area contributed by atoms with E-state index in [9.17, 15) is 5.26 Å². The minimum absolute atomic E-state index is 0.0352. The molecule has 5 nitrogen and oxygen atoms in total. The molecule has 1 rings (SSSR count). The Hall–Kier alpha value is -2.29. The Morgan fingerprint density at radius 3 is 2.30 bits per heavy atom. The van der Waals surface area contributed by atoms with Crippen LogP contribution in [0.1, 0.15) is 26.7 Å². The highest BCUT2D eigenvalue weighted by Gasteiger charge is 2.33. The first kappa shape index (κ1) is 15.8. The third kappa shape index (κ3) is 3.18. The molecule has 1 aliphatic rings. The lowest BCUT2D eigenvalue weighted by Crippen LogP contribution is -2.32. The second-order valence-corrected chi connectivity index (χ2v) is 5.74. The van der Waals surface area contributed by atoms with Crippen molar-refractivity contribution in [3.63, 3.8) is 0 Å². The molecule has 1 aliphatic carbocycles. The minimum Gasteiger partial charge on any atom is -0.376 e. The van der Waals surface area contributed by atoms with Gasteiger partial charge in [-0.2, -0.15) is 15.8 Å². The fourth-order valence-electron chi connectivity index (χ4n) is 2.51. The van der Waals surface area contributed by atoms with Crippen LogP contribution in [0.3, 0.4) is 0 Å². The molecule has 0 heterocycles. The van der Waals surface area contributed by atoms with E-state index in [1.165, 1.54) is 0 Å². The quantitative estimate of drug-likeness (QED) is 0.787. The highest BCUT2D eigenvalue weighted by Crippen LogP contribution is 2.43. The number of nitrogens with zero attached hydrogens (tertiary/aromatic N) is 4. The van der Waals surface area contributed by atoms with E-state index in [4.69, 9.17) is 16.3 Å². The van der Waals surface area contributed by atoms with Crippen LogP contribution in [0.15, 0.2) is 22.4 Å². The zero-order valence-corrected chi connectivity index (χ0v) is 12.2. The number of hydrogen-bond acceptors (Lipinski definition) is 5. The molecule has 0 saturated heterocycles. The van der Waals surface area contributed by atoms with Gasteiger partial charge in [-0.15, -0.1) is 0 Å². The summed E-state index contributed by atoms with van der Waals surface area (Å²) in [5.41, 5.74) is 7.41. The second kappa shape index (κ2) is 6.24. The summed E-state index contributed by atoms with van der Waals surface area (Å²) in [6, 6.07) is 5.98. The van der Waals surface area contributed by atoms with E-state index >= 15 is 0 Å². The van der Waals surface area contributed by atoms with Gasteiger partial charge < -0.3 is 10.6 Å². The maximum absolute atomic E-state index is 9.44. The highest BCUT2D eigenvalue weighted by molar-refractivity contribution is 5.57. The van der Waals surface area contributed by atoms with Crippen molar-refractivity contribution in [1.82, 2.24) is 4.90 Å². The van der Waals surface area contributed by atoms with Gasteiger partial charge in [-0.05, 0) is 18.3 Å². The van der Waals surface area contributed by atoms with Crippen LogP contribution in [-0.2, 0) is 0 Å². The van der Waals surface area contributed by atoms with Gasteiger partial charge in [0.25, 0.3) is 0 Å². The van der Waals surface area contributed by atoms with Crippen molar-refractivity contribution in [2.24, 2.45) is 11.1 Å². The first-order valence-electron chi connectivity index (χ1n) is 6.48. The highest BCUT2D eigenvalue weighted by atomic mass is 15.1. The summed E-state index contributed by atoms with van der Waals surface area (Å²) in [6.07, 6.45) is 1.30. The zero-order chi connectivity index (χ0) is 15.3. The Morgan fingerprint density at radius 2 is 1.85 bits per heavy atom. The number of nitriles is 3. The molecule has 0 saturated carbocycles. The number of rotatable bonds is 3. The van der Waals surface area contributed by atoms with Crippen molar-refractivity contribution < 1.29 is 0 Å². The molecule has 0 aliphatic heterocycles. The molecule has 2 N–H and O–H groups in total. The molecule has 0 amide bonds. The van der Waals surface area contributed by atoms with Crippen molar-refractivity contribution >= 4 is 0 Å². The summed E-state index contributed by atoms with van der Waals surface area (Å²) in [5, 5.41) is 27.6. The maximum atomic E-state index is 9.44. The fourth-order valence-corrected chi connectivity index (χ4v) is 2.51. The van der Waals surface area contributed by atoms with Crippen molar-refractivity contribution in [3.8, 4) is 18.2 Å². The Balaban J connectivity index is 3.51. The summed E-state index contributed by atoms with van der Waals surface area (Å²) in [5.74, 6) is 0. The molecule has 5 heteroatoms. The monoisotopic (exact) mass is 269 g/mol. The van der Waals surface area contributed by atoms with E-state index in [1.54, 1.807) is 0 Å². The molecule has 0 bridgehead atoms. The average Bonchev–Trinajstić information content (AvgIpc) is 2.39. The number of hydrogen-bond donors (Lipinski definition) is 1. The fraction of sp³-hybridized carbons (Fsp3) is 0.533. The van der Waals surface area contributed by atoms with Crippen LogP contribution >= 0.6 is 0 Å². The van der Waals surface area contributed by atoms with E-state index in [0.29, 0.717) is 30.7 Å². The van der Waals surface area contributed by atoms with E-state index in [2.05, 4.69) is 19.9 Å². The van der Waals surface area contributed by atoms with Gasteiger partial charge in [-0.3, -0.25) is 0 Å². The Labute approximate surface area is 120 Å². The van der Waals surface area contributed by atoms with Gasteiger partial charge in [-0.1, -0.05) is 13.8 Å². The van der Waals surface area contributed by atoms with E-state index in [1.807, 2.05) is 24.1 Å². The van der Waals surface area contributed by atoms with Crippen molar-refractivity contribution in [2.45, 2.75) is 26.7 Å². The predicted molar refractivity (Wildman–Crippen MR) is 75.6 cm³/mol. The van der Waals surface area contributed by atoms with Crippen LogP contribution in [0.4, 0.5) is 0 Å². The van der Waals surface area contributed by atoms with Gasteiger partial charge in [0.05, 0.1) is 5.57 Å². The van der Waals surface area contributed by atoms with E-state index in [0.717, 1.165) is 12.1 Å². The van der Waals surface area contributed by atoms with Gasteiger partial charge in [0.1, 0.15) is 23.8 Å². The Morgan fingerprint density at radius 1 is 1.25 bits per heavy atom. The number of likely N-dealkylation sites (N-methyl/N-ethyl adjacent to an activating group) is 1. The van der Waals surface area contributed by atoms with Crippen LogP contribution in [0.5, 0.6) is 0 Å². The summed E-state index contributed by atoms with van der Waals surface area (Å²) >= 11 is 0. The standard InChI is InChI=1S/C15H19N5/c1-15(2)6-12(11(8-17)9-18)13(10-19)14(7-15)20(3)5-4-16/h4-7,16H2,1-3H3. The SMILES string of the molecule is CN(CCN)C1=C(C#N)C(=C(C#N)C#N)CC(C)(C)C1. The Bertz CT molecular complexity index is 559. The average molecular weight is 269 g/mol. The molecule has 0 spiro atoms. The summed E-state index contributed by atoms with van der Waals surface area (Å²) < 4.78 is 0. The lowest BCUT2D eigenvalue weighted by atomic mass is 9.72. The lowest BCUT2D eigenvalue weighted by Gasteiger charge is -2.37. The maximum Gasteiger partial charge on any atom is 0.134 e. The molecule has 0 fully saturated rings. The van der Waals surface area contributed by atoms with Gasteiger partial charge >= 0.3 is 0 Å². The first-order chi connectivity index (χ1) is 9.40. The molecular weight excluding hydrogens is 250 g/mol. The molecule has 0 aromatic heterocycles. The summed E-state index contributed by atoms with van der Waals surface area (Å²) in [4.78, 5) is 1.95. The molecular formula is C15H19N5. The molecule has 0 aromatic rings. The molecule has 104 valence electrons. The van der Waals surface area contributed by atoms with Crippen molar-refractivity contribution in [3.05, 3.63) is 22.4 Å². The van der Waals surface area contributed by atoms with Gasteiger partial charge in [0.15, 0.2) is 0 Å². The zero-order valence-electron chi connectivity index (χ0n) is 12.2. The summed E-state index contributed by atoms with van der Waals surface area (Å²) in [6.45, 7) is 5.27. The lowest BCUT2D eigenvalue weighted by molar-refractivity contribution is 0.289. The second-order valence-electron chi connectivity index (χ2n) is 5.74. The normalized spacial score (nSPS) is 16.9. The van der Waals surface area contributed by atoms with Gasteiger partial charge in [-0.25, -0.2) is 0 Å². The van der Waals surface area contributed by atoms with Crippen molar-refractivity contribution in [2.75, 3.05) is 20.1 Å². The first-order valence-corrected chi connectivity index (χ1v) is 6.48. The van der Waals surface area contributed by atoms with Crippen LogP contribution in [0, 0.1) is 39.4 Å². The van der Waals surface area contributed by atoms with Crippen LogP contribution < -0.4 is 5.73 Å². The smallest absolute Gasteiger partial charge is 0.134 e. The molecule has 0 aromatic carbocycles. The molecule has 0 radical (unpaired) electrons. The third-order valence-electron chi connectivity index (χ3n) is 3.45. The van der Waals surface area contributed by atoms with E-state index in [-0.39, 0.29) is 11.0 Å². The molecule has 0 unspecified atom stereocenters. The summed E-state index contributed by atoms with van der Waals surface area (Å²) in [7, 11) is 1.89. The molecule has 0 atom stereocenters. The number of nitrogens with two attached hydrogens (primary N) is 1. The van der Waals surface area contributed by atoms with Crippen LogP contribution in [-0.4, -0.2) is 25.0 Å². The third-order valence-corrected chi connectivity index (χ3v) is 3.45. The van der Waals surface area contributed by atoms with E-state index < -0.39 is 0 Å². The topological polar surface area (TPSA) is 101 Å². The van der Waals surface area contributed by atoms with Gasteiger partial charge in [0, 0.05) is 31.4 Å². The van der Waals surface area contributed by atoms with Gasteiger partial charge in [0.2, 0.25) is 0 Å². The largest absolute Gasteiger partial charge is 0.376 e. The van der Waals surface area contributed by atoms with Crippen molar-refractivity contribution in [1.29, 1.82) is 15.8 Å².